The molecular formula is C56H33N. The van der Waals surface area contributed by atoms with E-state index in [4.69, 9.17) is 0 Å². The quantitative estimate of drug-likeness (QED) is 0.160. The van der Waals surface area contributed by atoms with Crippen molar-refractivity contribution in [1.29, 1.82) is 0 Å². The first-order chi connectivity index (χ1) is 28.3. The summed E-state index contributed by atoms with van der Waals surface area (Å²) in [7, 11) is 0. The summed E-state index contributed by atoms with van der Waals surface area (Å²) >= 11 is 0. The molecule has 0 bridgehead atoms. The molecule has 0 fully saturated rings. The fourth-order valence-electron chi connectivity index (χ4n) is 10.2. The fraction of sp³-hybridized carbons (Fsp3) is 0. The van der Waals surface area contributed by atoms with Gasteiger partial charge in [0.2, 0.25) is 0 Å². The molecule has 0 saturated carbocycles. The second kappa shape index (κ2) is 11.5. The molecule has 0 aliphatic heterocycles. The predicted molar refractivity (Wildman–Crippen MR) is 244 cm³/mol. The summed E-state index contributed by atoms with van der Waals surface area (Å²) < 4.78 is 2.39. The Kier molecular flexibility index (Phi) is 6.23. The van der Waals surface area contributed by atoms with Crippen molar-refractivity contribution in [2.45, 2.75) is 0 Å². The molecule has 13 rings (SSSR count). The molecule has 57 heavy (non-hydrogen) atoms. The maximum absolute atomic E-state index is 2.39. The Morgan fingerprint density at radius 3 is 1.04 bits per heavy atom. The van der Waals surface area contributed by atoms with Crippen molar-refractivity contribution in [2.75, 3.05) is 0 Å². The fourth-order valence-corrected chi connectivity index (χ4v) is 10.2. The minimum Gasteiger partial charge on any atom is -0.309 e. The second-order valence-corrected chi connectivity index (χ2v) is 15.6. The van der Waals surface area contributed by atoms with Crippen LogP contribution < -0.4 is 0 Å². The van der Waals surface area contributed by atoms with Crippen LogP contribution in [0.5, 0.6) is 0 Å². The van der Waals surface area contributed by atoms with Crippen LogP contribution in [-0.2, 0) is 0 Å². The topological polar surface area (TPSA) is 4.93 Å². The van der Waals surface area contributed by atoms with Gasteiger partial charge in [-0.3, -0.25) is 0 Å². The molecule has 0 atom stereocenters. The number of rotatable bonds is 4. The van der Waals surface area contributed by atoms with Crippen LogP contribution in [0.25, 0.3) is 126 Å². The van der Waals surface area contributed by atoms with Crippen LogP contribution in [0.2, 0.25) is 0 Å². The lowest BCUT2D eigenvalue weighted by molar-refractivity contribution is 1.18. The van der Waals surface area contributed by atoms with Crippen molar-refractivity contribution in [3.63, 3.8) is 0 Å². The SMILES string of the molecule is c1ccc(-c2ccc3ccc4c(-c5ccc6ccc7c(-c8ccc(-n9c%10ccccc%10c%10ccccc%109)cc8)ccc8ccc5c6c87)ccc5ccc2c3c54)cc1. The minimum absolute atomic E-state index is 1.17. The highest BCUT2D eigenvalue weighted by atomic mass is 15.0. The molecule has 1 nitrogen and oxygen atoms in total. The van der Waals surface area contributed by atoms with Crippen LogP contribution in [-0.4, -0.2) is 4.57 Å². The smallest absolute Gasteiger partial charge is 0.0541 e. The second-order valence-electron chi connectivity index (χ2n) is 15.6. The Morgan fingerprint density at radius 2 is 0.579 bits per heavy atom. The van der Waals surface area contributed by atoms with E-state index in [0.717, 1.165) is 0 Å². The van der Waals surface area contributed by atoms with Gasteiger partial charge in [-0.2, -0.15) is 0 Å². The number of benzene rings is 12. The number of aromatic nitrogens is 1. The molecule has 0 unspecified atom stereocenters. The maximum Gasteiger partial charge on any atom is 0.0541 e. The third kappa shape index (κ3) is 4.29. The van der Waals surface area contributed by atoms with E-state index in [1.54, 1.807) is 0 Å². The zero-order valence-electron chi connectivity index (χ0n) is 31.0. The first-order valence-electron chi connectivity index (χ1n) is 19.8. The molecule has 1 heterocycles. The van der Waals surface area contributed by atoms with Crippen LogP contribution in [0, 0.1) is 0 Å². The maximum atomic E-state index is 2.39. The number of hydrogen-bond donors (Lipinski definition) is 0. The molecule has 13 aromatic rings. The summed E-state index contributed by atoms with van der Waals surface area (Å²) in [5, 5.41) is 18.2. The van der Waals surface area contributed by atoms with Gasteiger partial charge in [0.15, 0.2) is 0 Å². The predicted octanol–water partition coefficient (Wildman–Crippen LogP) is 15.6. The van der Waals surface area contributed by atoms with Gasteiger partial charge in [-0.1, -0.05) is 176 Å². The van der Waals surface area contributed by atoms with E-state index in [9.17, 15) is 0 Å². The summed E-state index contributed by atoms with van der Waals surface area (Å²) in [5.41, 5.74) is 11.2. The summed E-state index contributed by atoms with van der Waals surface area (Å²) in [6, 6.07) is 74.5. The number of nitrogens with zero attached hydrogens (tertiary/aromatic N) is 1. The highest BCUT2D eigenvalue weighted by molar-refractivity contribution is 6.31. The Balaban J connectivity index is 0.990. The third-order valence-electron chi connectivity index (χ3n) is 12.7. The van der Waals surface area contributed by atoms with E-state index < -0.39 is 0 Å². The van der Waals surface area contributed by atoms with Gasteiger partial charge in [0.1, 0.15) is 0 Å². The van der Waals surface area contributed by atoms with Gasteiger partial charge in [0.25, 0.3) is 0 Å². The largest absolute Gasteiger partial charge is 0.309 e. The number of hydrogen-bond acceptors (Lipinski definition) is 0. The molecular weight excluding hydrogens is 687 g/mol. The standard InChI is InChI=1S/C56H33N/c1-2-8-34(9-3-1)41-26-16-36-22-32-49-43(28-18-38-20-30-47(41)53(36)55(38)49)44-29-19-39-21-31-48-42(27-17-37-23-33-50(44)56(39)54(37)48)35-14-24-40(25-15-35)57-51-12-6-4-10-45(51)46-11-5-7-13-52(46)57/h1-33H. The lowest BCUT2D eigenvalue weighted by atomic mass is 9.84. The molecule has 0 radical (unpaired) electrons. The Bertz CT molecular complexity index is 3670. The van der Waals surface area contributed by atoms with Crippen molar-refractivity contribution in [3.05, 3.63) is 200 Å². The molecule has 0 spiro atoms. The highest BCUT2D eigenvalue weighted by Gasteiger charge is 2.19. The number of fused-ring (bicyclic) bond motifs is 3. The van der Waals surface area contributed by atoms with Gasteiger partial charge in [-0.15, -0.1) is 0 Å². The molecule has 0 amide bonds. The Labute approximate surface area is 328 Å². The third-order valence-corrected chi connectivity index (χ3v) is 12.7. The average molecular weight is 720 g/mol. The van der Waals surface area contributed by atoms with Gasteiger partial charge in [0, 0.05) is 16.5 Å². The first-order valence-corrected chi connectivity index (χ1v) is 19.8. The van der Waals surface area contributed by atoms with Crippen LogP contribution >= 0.6 is 0 Å². The van der Waals surface area contributed by atoms with Crippen molar-refractivity contribution < 1.29 is 0 Å². The monoisotopic (exact) mass is 719 g/mol. The molecule has 0 saturated heterocycles. The first kappa shape index (κ1) is 30.8. The van der Waals surface area contributed by atoms with E-state index in [1.165, 1.54) is 126 Å². The van der Waals surface area contributed by atoms with Gasteiger partial charge in [0.05, 0.1) is 11.0 Å². The van der Waals surface area contributed by atoms with E-state index in [0.29, 0.717) is 0 Å². The summed E-state index contributed by atoms with van der Waals surface area (Å²) in [5.74, 6) is 0. The van der Waals surface area contributed by atoms with Crippen molar-refractivity contribution >= 4 is 86.4 Å². The Hall–Kier alpha value is -7.48. The Morgan fingerprint density at radius 1 is 0.228 bits per heavy atom. The van der Waals surface area contributed by atoms with Crippen LogP contribution in [0.3, 0.4) is 0 Å². The molecule has 0 aliphatic carbocycles. The lowest BCUT2D eigenvalue weighted by Gasteiger charge is -2.19. The zero-order valence-corrected chi connectivity index (χ0v) is 31.0. The lowest BCUT2D eigenvalue weighted by Crippen LogP contribution is -1.94. The number of para-hydroxylation sites is 2. The van der Waals surface area contributed by atoms with Gasteiger partial charge >= 0.3 is 0 Å². The zero-order chi connectivity index (χ0) is 37.2. The normalized spacial score (nSPS) is 12.2. The van der Waals surface area contributed by atoms with Crippen molar-refractivity contribution in [1.82, 2.24) is 4.57 Å². The van der Waals surface area contributed by atoms with Crippen LogP contribution in [0.4, 0.5) is 0 Å². The summed E-state index contributed by atoms with van der Waals surface area (Å²) in [4.78, 5) is 0. The molecule has 262 valence electrons. The van der Waals surface area contributed by atoms with E-state index in [2.05, 4.69) is 205 Å². The summed E-state index contributed by atoms with van der Waals surface area (Å²) in [6.45, 7) is 0. The van der Waals surface area contributed by atoms with Gasteiger partial charge in [-0.25, -0.2) is 0 Å². The van der Waals surface area contributed by atoms with Crippen LogP contribution in [0.1, 0.15) is 0 Å². The molecule has 12 aromatic carbocycles. The van der Waals surface area contributed by atoms with Gasteiger partial charge < -0.3 is 4.57 Å². The minimum atomic E-state index is 1.17. The molecule has 0 N–H and O–H groups in total. The molecule has 1 aromatic heterocycles. The van der Waals surface area contributed by atoms with Crippen LogP contribution in [0.15, 0.2) is 200 Å². The van der Waals surface area contributed by atoms with Gasteiger partial charge in [-0.05, 0) is 122 Å². The summed E-state index contributed by atoms with van der Waals surface area (Å²) in [6.07, 6.45) is 0. The van der Waals surface area contributed by atoms with Crippen molar-refractivity contribution in [3.8, 4) is 39.1 Å². The highest BCUT2D eigenvalue weighted by Crippen LogP contribution is 2.46. The van der Waals surface area contributed by atoms with E-state index in [-0.39, 0.29) is 0 Å². The van der Waals surface area contributed by atoms with Crippen molar-refractivity contribution in [2.24, 2.45) is 0 Å². The molecule has 1 heteroatoms. The van der Waals surface area contributed by atoms with E-state index >= 15 is 0 Å². The average Bonchev–Trinajstić information content (AvgIpc) is 3.62. The van der Waals surface area contributed by atoms with E-state index in [1.807, 2.05) is 0 Å². The molecule has 0 aliphatic rings.